The fourth-order valence-corrected chi connectivity index (χ4v) is 3.41. The van der Waals surface area contributed by atoms with Crippen LogP contribution in [-0.2, 0) is 10.0 Å². The molecule has 1 fully saturated rings. The zero-order valence-corrected chi connectivity index (χ0v) is 15.3. The molecule has 1 aromatic carbocycles. The highest BCUT2D eigenvalue weighted by atomic mass is 35.5. The topological polar surface area (TPSA) is 101 Å². The molecule has 1 atom stereocenters. The van der Waals surface area contributed by atoms with Crippen molar-refractivity contribution in [2.45, 2.75) is 30.2 Å². The van der Waals surface area contributed by atoms with E-state index in [-0.39, 0.29) is 29.8 Å². The first-order chi connectivity index (χ1) is 10.8. The van der Waals surface area contributed by atoms with Gasteiger partial charge in [0.1, 0.15) is 0 Å². The average Bonchev–Trinajstić information content (AvgIpc) is 3.38. The van der Waals surface area contributed by atoms with Crippen molar-refractivity contribution in [3.8, 4) is 0 Å². The number of halogens is 1. The molecule has 24 heavy (non-hydrogen) atoms. The molecule has 1 aliphatic rings. The zero-order chi connectivity index (χ0) is 17.1. The van der Waals surface area contributed by atoms with Gasteiger partial charge in [0, 0.05) is 18.7 Å². The largest absolute Gasteiger partial charge is 0.345 e. The summed E-state index contributed by atoms with van der Waals surface area (Å²) < 4.78 is 26.3. The summed E-state index contributed by atoms with van der Waals surface area (Å²) in [5.41, 5.74) is 5.79. The lowest BCUT2D eigenvalue weighted by Crippen LogP contribution is -2.53. The molecule has 0 spiro atoms. The van der Waals surface area contributed by atoms with Gasteiger partial charge in [0.15, 0.2) is 0 Å². The molecule has 4 N–H and O–H groups in total. The lowest BCUT2D eigenvalue weighted by Gasteiger charge is -2.29. The third kappa shape index (κ3) is 4.80. The fourth-order valence-electron chi connectivity index (χ4n) is 2.41. The van der Waals surface area contributed by atoms with Crippen molar-refractivity contribution in [1.29, 1.82) is 0 Å². The van der Waals surface area contributed by atoms with Crippen LogP contribution in [0.25, 0.3) is 0 Å². The Hall–Kier alpha value is -1.41. The Morgan fingerprint density at radius 1 is 1.38 bits per heavy atom. The van der Waals surface area contributed by atoms with Crippen LogP contribution < -0.4 is 15.8 Å². The normalized spacial score (nSPS) is 16.6. The Morgan fingerprint density at radius 3 is 2.42 bits per heavy atom. The molecular formula is C16H24ClN3O3S. The number of benzene rings is 1. The molecule has 0 aliphatic heterocycles. The van der Waals surface area contributed by atoms with E-state index < -0.39 is 15.6 Å². The van der Waals surface area contributed by atoms with Crippen molar-refractivity contribution in [1.82, 2.24) is 10.0 Å². The van der Waals surface area contributed by atoms with E-state index in [4.69, 9.17) is 5.73 Å². The molecule has 1 saturated carbocycles. The number of carbonyl (C=O) groups excluding carboxylic acids is 1. The number of hydrogen-bond acceptors (Lipinski definition) is 4. The van der Waals surface area contributed by atoms with Crippen molar-refractivity contribution in [2.75, 3.05) is 13.1 Å². The van der Waals surface area contributed by atoms with Crippen LogP contribution in [0.2, 0.25) is 0 Å². The van der Waals surface area contributed by atoms with Gasteiger partial charge in [-0.2, -0.15) is 0 Å². The molecule has 6 nitrogen and oxygen atoms in total. The van der Waals surface area contributed by atoms with Crippen LogP contribution in [0.5, 0.6) is 0 Å². The van der Waals surface area contributed by atoms with Crippen LogP contribution in [-0.4, -0.2) is 33.0 Å². The minimum atomic E-state index is -3.58. The Bertz CT molecular complexity index is 687. The number of nitrogens with two attached hydrogens (primary N) is 1. The molecule has 134 valence electrons. The van der Waals surface area contributed by atoms with Crippen LogP contribution in [0.15, 0.2) is 41.8 Å². The van der Waals surface area contributed by atoms with Gasteiger partial charge in [-0.25, -0.2) is 13.1 Å². The molecule has 0 radical (unpaired) electrons. The second-order valence-corrected chi connectivity index (χ2v) is 7.78. The van der Waals surface area contributed by atoms with E-state index in [1.54, 1.807) is 0 Å². The van der Waals surface area contributed by atoms with Crippen molar-refractivity contribution >= 4 is 28.3 Å². The van der Waals surface area contributed by atoms with Crippen LogP contribution in [0.3, 0.4) is 0 Å². The van der Waals surface area contributed by atoms with Gasteiger partial charge >= 0.3 is 0 Å². The first kappa shape index (κ1) is 20.6. The highest BCUT2D eigenvalue weighted by Gasteiger charge is 2.41. The van der Waals surface area contributed by atoms with E-state index in [2.05, 4.69) is 16.6 Å². The van der Waals surface area contributed by atoms with E-state index in [0.29, 0.717) is 18.0 Å². The van der Waals surface area contributed by atoms with Crippen LogP contribution >= 0.6 is 12.4 Å². The van der Waals surface area contributed by atoms with Crippen LogP contribution in [0, 0.1) is 5.92 Å². The summed E-state index contributed by atoms with van der Waals surface area (Å²) in [5, 5.41) is 2.97. The summed E-state index contributed by atoms with van der Waals surface area (Å²) in [6.45, 7) is 5.94. The van der Waals surface area contributed by atoms with E-state index >= 15 is 0 Å². The van der Waals surface area contributed by atoms with Gasteiger partial charge in [0.2, 0.25) is 10.0 Å². The van der Waals surface area contributed by atoms with Crippen molar-refractivity contribution in [2.24, 2.45) is 11.7 Å². The van der Waals surface area contributed by atoms with Gasteiger partial charge in [0.25, 0.3) is 5.91 Å². The van der Waals surface area contributed by atoms with Crippen LogP contribution in [0.1, 0.15) is 30.1 Å². The Labute approximate surface area is 149 Å². The maximum absolute atomic E-state index is 12.3. The maximum Gasteiger partial charge on any atom is 0.251 e. The molecule has 1 unspecified atom stereocenters. The molecule has 2 rings (SSSR count). The van der Waals surface area contributed by atoms with Gasteiger partial charge in [0.05, 0.1) is 10.4 Å². The molecule has 0 bridgehead atoms. The van der Waals surface area contributed by atoms with Gasteiger partial charge in [-0.1, -0.05) is 6.08 Å². The number of rotatable bonds is 8. The minimum Gasteiger partial charge on any atom is -0.345 e. The summed E-state index contributed by atoms with van der Waals surface area (Å²) in [7, 11) is -3.58. The summed E-state index contributed by atoms with van der Waals surface area (Å²) in [5.74, 6) is 0.173. The minimum absolute atomic E-state index is 0. The van der Waals surface area contributed by atoms with Gasteiger partial charge < -0.3 is 11.1 Å². The number of hydrogen-bond donors (Lipinski definition) is 3. The van der Waals surface area contributed by atoms with E-state index in [1.165, 1.54) is 30.3 Å². The highest BCUT2D eigenvalue weighted by molar-refractivity contribution is 7.89. The quantitative estimate of drug-likeness (QED) is 0.600. The van der Waals surface area contributed by atoms with E-state index in [0.717, 1.165) is 12.8 Å². The first-order valence-corrected chi connectivity index (χ1v) is 9.04. The molecular weight excluding hydrogens is 350 g/mol. The predicted molar refractivity (Wildman–Crippen MR) is 96.7 cm³/mol. The van der Waals surface area contributed by atoms with Gasteiger partial charge in [-0.3, -0.25) is 4.79 Å². The number of sulfonamides is 1. The smallest absolute Gasteiger partial charge is 0.251 e. The summed E-state index contributed by atoms with van der Waals surface area (Å²) in [4.78, 5) is 12.5. The molecule has 1 aromatic rings. The second kappa shape index (κ2) is 8.11. The third-order valence-electron chi connectivity index (χ3n) is 4.15. The Balaban J connectivity index is 0.00000288. The Kier molecular flexibility index (Phi) is 6.97. The molecule has 1 aliphatic carbocycles. The molecule has 0 saturated heterocycles. The second-order valence-electron chi connectivity index (χ2n) is 6.01. The standard InChI is InChI=1S/C16H23N3O3S.ClH/c1-3-10-18-23(21,22)14-8-4-12(5-9-14)15(20)19-16(2,11-17)13-6-7-13;/h3-5,8-9,13,18H,1,6-7,10-11,17H2,2H3,(H,19,20);1H. The highest BCUT2D eigenvalue weighted by Crippen LogP contribution is 2.39. The average molecular weight is 374 g/mol. The first-order valence-electron chi connectivity index (χ1n) is 7.55. The lowest BCUT2D eigenvalue weighted by molar-refractivity contribution is 0.0897. The number of carbonyl (C=O) groups is 1. The van der Waals surface area contributed by atoms with E-state index in [9.17, 15) is 13.2 Å². The molecule has 0 heterocycles. The van der Waals surface area contributed by atoms with E-state index in [1.807, 2.05) is 6.92 Å². The molecule has 0 aromatic heterocycles. The monoisotopic (exact) mass is 373 g/mol. The van der Waals surface area contributed by atoms with Gasteiger partial charge in [-0.15, -0.1) is 19.0 Å². The fraction of sp³-hybridized carbons (Fsp3) is 0.438. The lowest BCUT2D eigenvalue weighted by atomic mass is 9.95. The van der Waals surface area contributed by atoms with Crippen molar-refractivity contribution in [3.05, 3.63) is 42.5 Å². The summed E-state index contributed by atoms with van der Waals surface area (Å²) >= 11 is 0. The van der Waals surface area contributed by atoms with Crippen molar-refractivity contribution < 1.29 is 13.2 Å². The predicted octanol–water partition coefficient (Wildman–Crippen LogP) is 1.43. The van der Waals surface area contributed by atoms with Crippen LogP contribution in [0.4, 0.5) is 0 Å². The third-order valence-corrected chi connectivity index (χ3v) is 5.59. The van der Waals surface area contributed by atoms with Crippen molar-refractivity contribution in [3.63, 3.8) is 0 Å². The SMILES string of the molecule is C=CCNS(=O)(=O)c1ccc(C(=O)NC(C)(CN)C2CC2)cc1.Cl. The molecule has 8 heteroatoms. The Morgan fingerprint density at radius 2 is 1.96 bits per heavy atom. The summed E-state index contributed by atoms with van der Waals surface area (Å²) in [6, 6.07) is 5.83. The number of amides is 1. The maximum atomic E-state index is 12.3. The summed E-state index contributed by atoms with van der Waals surface area (Å²) in [6.07, 6.45) is 3.60. The molecule has 1 amide bonds. The zero-order valence-electron chi connectivity index (χ0n) is 13.6. The number of nitrogens with one attached hydrogen (secondary N) is 2. The van der Waals surface area contributed by atoms with Gasteiger partial charge in [-0.05, 0) is 49.9 Å².